The van der Waals surface area contributed by atoms with Crippen molar-refractivity contribution in [3.8, 4) is 11.5 Å². The third-order valence-corrected chi connectivity index (χ3v) is 10.8. The van der Waals surface area contributed by atoms with Crippen LogP contribution in [-0.4, -0.2) is 41.6 Å². The van der Waals surface area contributed by atoms with Gasteiger partial charge in [0.1, 0.15) is 5.82 Å². The number of carbonyl (C=O) groups is 5. The molecule has 1 saturated carbocycles. The molecule has 7 rings (SSSR count). The van der Waals surface area contributed by atoms with E-state index in [1.807, 2.05) is 6.08 Å². The molecule has 0 spiro atoms. The predicted molar refractivity (Wildman–Crippen MR) is 170 cm³/mol. The summed E-state index contributed by atoms with van der Waals surface area (Å²) in [5, 5.41) is 10.6. The predicted octanol–water partition coefficient (Wildman–Crippen LogP) is 5.83. The SMILES string of the molecule is COc1ccc([C@H]2C3=CC[C@@H]4C(=O)N(c5ccc(C(C)=O)cc5)C(=O)[C@@H]4[C@@H]3C[C@H]3C(=O)N(c4ccc(F)c(Cl)c4)C(=O)[C@@]23C)cc1O. The van der Waals surface area contributed by atoms with Gasteiger partial charge in [-0.05, 0) is 92.8 Å². The number of hydrogen-bond donors (Lipinski definition) is 1. The maximum absolute atomic E-state index is 14.5. The Labute approximate surface area is 274 Å². The van der Waals surface area contributed by atoms with E-state index in [1.54, 1.807) is 43.3 Å². The summed E-state index contributed by atoms with van der Waals surface area (Å²) >= 11 is 6.06. The topological polar surface area (TPSA) is 121 Å². The van der Waals surface area contributed by atoms with E-state index < -0.39 is 58.5 Å². The molecule has 3 aromatic rings. The van der Waals surface area contributed by atoms with E-state index in [4.69, 9.17) is 16.3 Å². The molecule has 0 bridgehead atoms. The number of phenols is 1. The van der Waals surface area contributed by atoms with E-state index >= 15 is 0 Å². The van der Waals surface area contributed by atoms with Gasteiger partial charge < -0.3 is 9.84 Å². The van der Waals surface area contributed by atoms with Gasteiger partial charge in [-0.1, -0.05) is 29.3 Å². The van der Waals surface area contributed by atoms with Gasteiger partial charge in [0.25, 0.3) is 0 Å². The van der Waals surface area contributed by atoms with Gasteiger partial charge in [0.2, 0.25) is 23.6 Å². The number of methoxy groups -OCH3 is 1. The number of benzene rings is 3. The van der Waals surface area contributed by atoms with Crippen LogP contribution >= 0.6 is 11.6 Å². The Morgan fingerprint density at radius 1 is 0.936 bits per heavy atom. The number of ketones is 1. The van der Waals surface area contributed by atoms with Crippen molar-refractivity contribution in [1.82, 2.24) is 0 Å². The number of halogens is 2. The van der Waals surface area contributed by atoms with Crippen LogP contribution in [0.3, 0.4) is 0 Å². The Bertz CT molecular complexity index is 1940. The van der Waals surface area contributed by atoms with Gasteiger partial charge in [-0.15, -0.1) is 0 Å². The highest BCUT2D eigenvalue weighted by atomic mass is 35.5. The largest absolute Gasteiger partial charge is 0.504 e. The van der Waals surface area contributed by atoms with Crippen LogP contribution in [0.2, 0.25) is 5.02 Å². The molecule has 0 aromatic heterocycles. The average Bonchev–Trinajstić information content (AvgIpc) is 3.41. The Hall–Kier alpha value is -4.83. The average molecular weight is 657 g/mol. The molecule has 2 aliphatic carbocycles. The van der Waals surface area contributed by atoms with E-state index in [0.29, 0.717) is 16.8 Å². The van der Waals surface area contributed by atoms with Crippen LogP contribution in [0.5, 0.6) is 11.5 Å². The van der Waals surface area contributed by atoms with Crippen molar-refractivity contribution in [3.05, 3.63) is 94.3 Å². The number of nitrogens with zero attached hydrogens (tertiary/aromatic N) is 2. The highest BCUT2D eigenvalue weighted by molar-refractivity contribution is 6.32. The molecule has 9 nitrogen and oxygen atoms in total. The smallest absolute Gasteiger partial charge is 0.241 e. The highest BCUT2D eigenvalue weighted by Gasteiger charge is 2.67. The fourth-order valence-corrected chi connectivity index (χ4v) is 8.43. The summed E-state index contributed by atoms with van der Waals surface area (Å²) in [6.45, 7) is 3.14. The molecular formula is C36H30ClFN2O7. The number of fused-ring (bicyclic) bond motifs is 4. The first kappa shape index (κ1) is 30.8. The maximum atomic E-state index is 14.5. The summed E-state index contributed by atoms with van der Waals surface area (Å²) in [6, 6.07) is 14.7. The molecule has 2 saturated heterocycles. The standard InChI is InChI=1S/C36H30ClFN2O7/c1-17(41)18-4-7-20(8-5-18)39-32(43)23-11-10-22-24(30(23)34(39)45)16-25-33(44)40(21-9-12-27(38)26(37)15-21)35(46)36(25,2)31(22)19-6-13-29(47-3)28(42)14-19/h4-10,12-15,23-25,30-31,42H,11,16H2,1-3H3/t23-,24+,25-,30-,31-,36+/m0/s1. The molecule has 4 aliphatic rings. The van der Waals surface area contributed by atoms with Crippen molar-refractivity contribution >= 4 is 52.4 Å². The van der Waals surface area contributed by atoms with Crippen molar-refractivity contribution in [2.45, 2.75) is 32.6 Å². The van der Waals surface area contributed by atoms with E-state index in [-0.39, 0.29) is 46.7 Å². The van der Waals surface area contributed by atoms with Gasteiger partial charge in [-0.3, -0.25) is 28.9 Å². The second-order valence-electron chi connectivity index (χ2n) is 12.8. The van der Waals surface area contributed by atoms with Crippen LogP contribution in [0.15, 0.2) is 72.3 Å². The first-order chi connectivity index (χ1) is 22.4. The zero-order chi connectivity index (χ0) is 33.5. The quantitative estimate of drug-likeness (QED) is 0.208. The number of anilines is 2. The number of aromatic hydroxyl groups is 1. The molecule has 6 atom stereocenters. The van der Waals surface area contributed by atoms with E-state index in [9.17, 15) is 33.5 Å². The minimum Gasteiger partial charge on any atom is -0.504 e. The van der Waals surface area contributed by atoms with Gasteiger partial charge in [0.05, 0.1) is 46.7 Å². The van der Waals surface area contributed by atoms with Gasteiger partial charge in [-0.2, -0.15) is 0 Å². The molecule has 0 radical (unpaired) electrons. The lowest BCUT2D eigenvalue weighted by Gasteiger charge is -2.49. The fraction of sp³-hybridized carbons (Fsp3) is 0.306. The number of phenolic OH excluding ortho intramolecular Hbond substituents is 1. The Morgan fingerprint density at radius 3 is 2.28 bits per heavy atom. The Balaban J connectivity index is 1.35. The minimum absolute atomic E-state index is 0.119. The maximum Gasteiger partial charge on any atom is 0.241 e. The van der Waals surface area contributed by atoms with E-state index in [1.165, 1.54) is 32.2 Å². The zero-order valence-corrected chi connectivity index (χ0v) is 26.5. The summed E-state index contributed by atoms with van der Waals surface area (Å²) in [7, 11) is 1.42. The number of ether oxygens (including phenoxy) is 1. The van der Waals surface area contributed by atoms with Crippen LogP contribution in [-0.2, 0) is 19.2 Å². The molecule has 3 fully saturated rings. The third kappa shape index (κ3) is 4.37. The lowest BCUT2D eigenvalue weighted by atomic mass is 9.51. The minimum atomic E-state index is -1.36. The van der Waals surface area contributed by atoms with Crippen LogP contribution < -0.4 is 14.5 Å². The second-order valence-corrected chi connectivity index (χ2v) is 13.2. The summed E-state index contributed by atoms with van der Waals surface area (Å²) in [5.41, 5.74) is 0.846. The summed E-state index contributed by atoms with van der Waals surface area (Å²) in [4.78, 5) is 70.8. The number of rotatable bonds is 5. The fourth-order valence-electron chi connectivity index (χ4n) is 8.25. The van der Waals surface area contributed by atoms with Gasteiger partial charge in [0, 0.05) is 11.5 Å². The normalized spacial score (nSPS) is 28.2. The first-order valence-corrected chi connectivity index (χ1v) is 15.6. The van der Waals surface area contributed by atoms with Crippen molar-refractivity contribution in [2.24, 2.45) is 29.1 Å². The van der Waals surface area contributed by atoms with Crippen molar-refractivity contribution in [2.75, 3.05) is 16.9 Å². The number of amides is 4. The van der Waals surface area contributed by atoms with Crippen LogP contribution in [0.25, 0.3) is 0 Å². The monoisotopic (exact) mass is 656 g/mol. The van der Waals surface area contributed by atoms with E-state index in [2.05, 4.69) is 0 Å². The molecule has 2 aliphatic heterocycles. The third-order valence-electron chi connectivity index (χ3n) is 10.5. The highest BCUT2D eigenvalue weighted by Crippen LogP contribution is 2.64. The zero-order valence-electron chi connectivity index (χ0n) is 25.7. The molecule has 47 heavy (non-hydrogen) atoms. The van der Waals surface area contributed by atoms with Crippen molar-refractivity contribution in [3.63, 3.8) is 0 Å². The lowest BCUT2D eigenvalue weighted by molar-refractivity contribution is -0.131. The number of hydrogen-bond acceptors (Lipinski definition) is 7. The molecular weight excluding hydrogens is 627 g/mol. The van der Waals surface area contributed by atoms with Gasteiger partial charge in [0.15, 0.2) is 17.3 Å². The first-order valence-electron chi connectivity index (χ1n) is 15.3. The van der Waals surface area contributed by atoms with Crippen LogP contribution in [0, 0.1) is 34.9 Å². The Kier molecular flexibility index (Phi) is 7.13. The van der Waals surface area contributed by atoms with Crippen molar-refractivity contribution in [1.29, 1.82) is 0 Å². The van der Waals surface area contributed by atoms with Gasteiger partial charge >= 0.3 is 0 Å². The second kappa shape index (κ2) is 10.9. The summed E-state index contributed by atoms with van der Waals surface area (Å²) in [6.07, 6.45) is 2.26. The number of imide groups is 2. The number of carbonyl (C=O) groups excluding carboxylic acids is 5. The molecule has 4 amide bonds. The van der Waals surface area contributed by atoms with Crippen molar-refractivity contribution < 1.29 is 38.2 Å². The van der Waals surface area contributed by atoms with Crippen LogP contribution in [0.4, 0.5) is 15.8 Å². The van der Waals surface area contributed by atoms with Crippen LogP contribution in [0.1, 0.15) is 48.5 Å². The number of allylic oxidation sites excluding steroid dienone is 2. The van der Waals surface area contributed by atoms with E-state index in [0.717, 1.165) is 21.4 Å². The summed E-state index contributed by atoms with van der Waals surface area (Å²) in [5.74, 6) is -6.32. The Morgan fingerprint density at radius 2 is 1.64 bits per heavy atom. The molecule has 11 heteroatoms. The number of Topliss-reactive ketones (excluding diaryl/α,β-unsaturated/α-hetero) is 1. The molecule has 1 N–H and O–H groups in total. The molecule has 240 valence electrons. The molecule has 2 heterocycles. The molecule has 0 unspecified atom stereocenters. The summed E-state index contributed by atoms with van der Waals surface area (Å²) < 4.78 is 19.4. The molecule has 3 aromatic carbocycles. The van der Waals surface area contributed by atoms with Gasteiger partial charge in [-0.25, -0.2) is 9.29 Å². The lowest BCUT2D eigenvalue weighted by Crippen LogP contribution is -2.48.